The molecule has 0 amide bonds. The summed E-state index contributed by atoms with van der Waals surface area (Å²) in [5.41, 5.74) is 0.213. The van der Waals surface area contributed by atoms with Gasteiger partial charge < -0.3 is 14.9 Å². The van der Waals surface area contributed by atoms with Gasteiger partial charge in [-0.05, 0) is 12.1 Å². The smallest absolute Gasteiger partial charge is 0.341 e. The van der Waals surface area contributed by atoms with Gasteiger partial charge in [-0.3, -0.25) is 0 Å². The lowest BCUT2D eigenvalue weighted by molar-refractivity contribution is -0.139. The first-order valence-electron chi connectivity index (χ1n) is 3.70. The molecule has 1 aromatic rings. The molecule has 0 aliphatic rings. The first-order valence-corrected chi connectivity index (χ1v) is 3.70. The molecule has 0 aromatic heterocycles. The second kappa shape index (κ2) is 4.14. The SMILES string of the molecule is N#Cc1cc(O)cc(OCC(=O)O)c1. The number of ether oxygens (including phenoxy) is 1. The lowest BCUT2D eigenvalue weighted by atomic mass is 10.2. The monoisotopic (exact) mass is 193 g/mol. The van der Waals surface area contributed by atoms with E-state index in [1.807, 2.05) is 6.07 Å². The summed E-state index contributed by atoms with van der Waals surface area (Å²) >= 11 is 0. The van der Waals surface area contributed by atoms with Crippen LogP contribution in [-0.4, -0.2) is 22.8 Å². The van der Waals surface area contributed by atoms with Crippen molar-refractivity contribution in [2.24, 2.45) is 0 Å². The Kier molecular flexibility index (Phi) is 2.92. The van der Waals surface area contributed by atoms with Crippen molar-refractivity contribution in [2.45, 2.75) is 0 Å². The average Bonchev–Trinajstić information content (AvgIpc) is 2.14. The molecule has 0 bridgehead atoms. The molecule has 0 heterocycles. The minimum atomic E-state index is -1.12. The molecule has 0 atom stereocenters. The van der Waals surface area contributed by atoms with E-state index in [9.17, 15) is 4.79 Å². The number of rotatable bonds is 3. The molecular weight excluding hydrogens is 186 g/mol. The maximum Gasteiger partial charge on any atom is 0.341 e. The molecule has 1 aromatic carbocycles. The maximum absolute atomic E-state index is 10.2. The van der Waals surface area contributed by atoms with Crippen molar-refractivity contribution >= 4 is 5.97 Å². The van der Waals surface area contributed by atoms with Crippen LogP contribution in [0.1, 0.15) is 5.56 Å². The molecule has 2 N–H and O–H groups in total. The van der Waals surface area contributed by atoms with Gasteiger partial charge in [0.15, 0.2) is 6.61 Å². The lowest BCUT2D eigenvalue weighted by Crippen LogP contribution is -2.09. The van der Waals surface area contributed by atoms with E-state index in [1.165, 1.54) is 18.2 Å². The summed E-state index contributed by atoms with van der Waals surface area (Å²) in [6, 6.07) is 5.66. The summed E-state index contributed by atoms with van der Waals surface area (Å²) in [4.78, 5) is 10.2. The van der Waals surface area contributed by atoms with Crippen molar-refractivity contribution in [3.8, 4) is 17.6 Å². The molecule has 0 saturated carbocycles. The third-order valence-electron chi connectivity index (χ3n) is 1.38. The van der Waals surface area contributed by atoms with Crippen LogP contribution in [0.4, 0.5) is 0 Å². The third-order valence-corrected chi connectivity index (χ3v) is 1.38. The van der Waals surface area contributed by atoms with Crippen LogP contribution < -0.4 is 4.74 Å². The number of carboxylic acids is 1. The first kappa shape index (κ1) is 9.86. The molecule has 0 aliphatic carbocycles. The number of carboxylic acid groups (broad SMARTS) is 1. The molecule has 0 unspecified atom stereocenters. The zero-order chi connectivity index (χ0) is 10.6. The van der Waals surface area contributed by atoms with E-state index in [-0.39, 0.29) is 17.1 Å². The number of nitriles is 1. The summed E-state index contributed by atoms with van der Waals surface area (Å²) in [5.74, 6) is -1.10. The van der Waals surface area contributed by atoms with Crippen LogP contribution in [-0.2, 0) is 4.79 Å². The second-order valence-corrected chi connectivity index (χ2v) is 2.51. The molecule has 0 fully saturated rings. The van der Waals surface area contributed by atoms with Gasteiger partial charge in [0, 0.05) is 6.07 Å². The van der Waals surface area contributed by atoms with E-state index in [4.69, 9.17) is 20.2 Å². The Morgan fingerprint density at radius 2 is 2.21 bits per heavy atom. The zero-order valence-corrected chi connectivity index (χ0v) is 7.10. The molecule has 72 valence electrons. The second-order valence-electron chi connectivity index (χ2n) is 2.51. The highest BCUT2D eigenvalue weighted by Gasteiger charge is 2.02. The highest BCUT2D eigenvalue weighted by Crippen LogP contribution is 2.21. The fourth-order valence-electron chi connectivity index (χ4n) is 0.876. The third kappa shape index (κ3) is 2.68. The van der Waals surface area contributed by atoms with E-state index in [1.54, 1.807) is 0 Å². The standard InChI is InChI=1S/C9H7NO4/c10-4-6-1-7(11)3-8(2-6)14-5-9(12)13/h1-3,11H,5H2,(H,12,13). The van der Waals surface area contributed by atoms with Gasteiger partial charge in [0.2, 0.25) is 0 Å². The van der Waals surface area contributed by atoms with Crippen LogP contribution in [0.25, 0.3) is 0 Å². The number of benzene rings is 1. The fraction of sp³-hybridized carbons (Fsp3) is 0.111. The number of hydrogen-bond acceptors (Lipinski definition) is 4. The largest absolute Gasteiger partial charge is 0.508 e. The fourth-order valence-corrected chi connectivity index (χ4v) is 0.876. The van der Waals surface area contributed by atoms with Crippen LogP contribution in [0.5, 0.6) is 11.5 Å². The van der Waals surface area contributed by atoms with Crippen molar-refractivity contribution in [3.63, 3.8) is 0 Å². The van der Waals surface area contributed by atoms with Crippen molar-refractivity contribution in [1.82, 2.24) is 0 Å². The Labute approximate surface area is 79.8 Å². The summed E-state index contributed by atoms with van der Waals surface area (Å²) in [5, 5.41) is 26.0. The van der Waals surface area contributed by atoms with Gasteiger partial charge in [-0.2, -0.15) is 5.26 Å². The molecule has 5 nitrogen and oxygen atoms in total. The Morgan fingerprint density at radius 1 is 1.50 bits per heavy atom. The number of nitrogens with zero attached hydrogens (tertiary/aromatic N) is 1. The topological polar surface area (TPSA) is 90.5 Å². The zero-order valence-electron chi connectivity index (χ0n) is 7.10. The van der Waals surface area contributed by atoms with Crippen molar-refractivity contribution < 1.29 is 19.7 Å². The summed E-state index contributed by atoms with van der Waals surface area (Å²) < 4.78 is 4.78. The number of aromatic hydroxyl groups is 1. The molecule has 14 heavy (non-hydrogen) atoms. The summed E-state index contributed by atoms with van der Waals surface area (Å²) in [6.07, 6.45) is 0. The Morgan fingerprint density at radius 3 is 2.79 bits per heavy atom. The number of hydrogen-bond donors (Lipinski definition) is 2. The van der Waals surface area contributed by atoms with Crippen molar-refractivity contribution in [2.75, 3.05) is 6.61 Å². The Bertz CT molecular complexity index is 394. The predicted octanol–water partition coefficient (Wildman–Crippen LogP) is 0.727. The predicted molar refractivity (Wildman–Crippen MR) is 46.0 cm³/mol. The van der Waals surface area contributed by atoms with Gasteiger partial charge in [-0.25, -0.2) is 4.79 Å². The highest BCUT2D eigenvalue weighted by molar-refractivity contribution is 5.68. The Hall–Kier alpha value is -2.22. The van der Waals surface area contributed by atoms with Crippen molar-refractivity contribution in [1.29, 1.82) is 5.26 Å². The van der Waals surface area contributed by atoms with Crippen LogP contribution in [0.3, 0.4) is 0 Å². The van der Waals surface area contributed by atoms with Gasteiger partial charge in [0.1, 0.15) is 11.5 Å². The van der Waals surface area contributed by atoms with E-state index in [2.05, 4.69) is 0 Å². The van der Waals surface area contributed by atoms with Crippen LogP contribution in [0.15, 0.2) is 18.2 Å². The van der Waals surface area contributed by atoms with Crippen molar-refractivity contribution in [3.05, 3.63) is 23.8 Å². The van der Waals surface area contributed by atoms with Crippen LogP contribution >= 0.6 is 0 Å². The van der Waals surface area contributed by atoms with E-state index < -0.39 is 12.6 Å². The Balaban J connectivity index is 2.82. The molecule has 0 spiro atoms. The van der Waals surface area contributed by atoms with Gasteiger partial charge in [0.05, 0.1) is 11.6 Å². The number of aliphatic carboxylic acids is 1. The van der Waals surface area contributed by atoms with E-state index in [0.717, 1.165) is 0 Å². The van der Waals surface area contributed by atoms with E-state index in [0.29, 0.717) is 0 Å². The minimum absolute atomic E-state index is 0.135. The number of phenols is 1. The molecule has 0 radical (unpaired) electrons. The number of carbonyl (C=O) groups is 1. The van der Waals surface area contributed by atoms with Gasteiger partial charge in [0.25, 0.3) is 0 Å². The van der Waals surface area contributed by atoms with Gasteiger partial charge in [-0.15, -0.1) is 0 Å². The summed E-state index contributed by atoms with van der Waals surface area (Å²) in [6.45, 7) is -0.506. The normalized spacial score (nSPS) is 9.07. The van der Waals surface area contributed by atoms with E-state index >= 15 is 0 Å². The number of phenolic OH excluding ortho intramolecular Hbond substituents is 1. The molecule has 1 rings (SSSR count). The molecule has 0 aliphatic heterocycles. The molecule has 5 heteroatoms. The average molecular weight is 193 g/mol. The molecular formula is C9H7NO4. The van der Waals surface area contributed by atoms with Crippen LogP contribution in [0, 0.1) is 11.3 Å². The molecule has 0 saturated heterocycles. The van der Waals surface area contributed by atoms with Gasteiger partial charge in [-0.1, -0.05) is 0 Å². The summed E-state index contributed by atoms with van der Waals surface area (Å²) in [7, 11) is 0. The first-order chi connectivity index (χ1) is 6.61. The lowest BCUT2D eigenvalue weighted by Gasteiger charge is -2.03. The maximum atomic E-state index is 10.2. The minimum Gasteiger partial charge on any atom is -0.508 e. The van der Waals surface area contributed by atoms with Gasteiger partial charge >= 0.3 is 5.97 Å². The highest BCUT2D eigenvalue weighted by atomic mass is 16.5. The quantitative estimate of drug-likeness (QED) is 0.738. The van der Waals surface area contributed by atoms with Crippen LogP contribution in [0.2, 0.25) is 0 Å².